The molecule has 0 aromatic rings. The van der Waals surface area contributed by atoms with Crippen LogP contribution >= 0.6 is 0 Å². The molecule has 4 heteroatoms. The summed E-state index contributed by atoms with van der Waals surface area (Å²) in [7, 11) is 0. The summed E-state index contributed by atoms with van der Waals surface area (Å²) in [6.07, 6.45) is 18.6. The fourth-order valence-corrected chi connectivity index (χ4v) is 3.34. The Morgan fingerprint density at radius 2 is 1.32 bits per heavy atom. The van der Waals surface area contributed by atoms with E-state index in [9.17, 15) is 0 Å². The number of rotatable bonds is 19. The second kappa shape index (κ2) is 16.0. The molecule has 1 fully saturated rings. The van der Waals surface area contributed by atoms with Gasteiger partial charge in [0.25, 0.3) is 0 Å². The Morgan fingerprint density at radius 1 is 0.800 bits per heavy atom. The third-order valence-electron chi connectivity index (χ3n) is 5.08. The highest BCUT2D eigenvalue weighted by atomic mass is 16.6. The van der Waals surface area contributed by atoms with Crippen molar-refractivity contribution in [2.45, 2.75) is 115 Å². The van der Waals surface area contributed by atoms with E-state index in [0.717, 1.165) is 6.42 Å². The second-order valence-electron chi connectivity index (χ2n) is 7.59. The van der Waals surface area contributed by atoms with Crippen molar-refractivity contribution in [3.63, 3.8) is 0 Å². The third-order valence-corrected chi connectivity index (χ3v) is 5.08. The summed E-state index contributed by atoms with van der Waals surface area (Å²) in [5.41, 5.74) is 0. The Labute approximate surface area is 155 Å². The molecule has 0 spiro atoms. The topological polar surface area (TPSA) is 62.2 Å². The number of aliphatic hydroxyl groups excluding tert-OH is 2. The summed E-state index contributed by atoms with van der Waals surface area (Å²) in [5, 5.41) is 17.8. The molecule has 0 saturated carbocycles. The molecule has 3 atom stereocenters. The Balaban J connectivity index is 1.73. The van der Waals surface area contributed by atoms with E-state index in [1.165, 1.54) is 83.5 Å². The summed E-state index contributed by atoms with van der Waals surface area (Å²) < 4.78 is 11.1. The number of aliphatic hydroxyl groups is 2. The lowest BCUT2D eigenvalue weighted by molar-refractivity contribution is 0.00526. The van der Waals surface area contributed by atoms with Crippen LogP contribution in [0, 0.1) is 0 Å². The second-order valence-corrected chi connectivity index (χ2v) is 7.59. The van der Waals surface area contributed by atoms with Gasteiger partial charge in [-0.15, -0.1) is 0 Å². The average molecular weight is 359 g/mol. The van der Waals surface area contributed by atoms with Crippen molar-refractivity contribution < 1.29 is 19.7 Å². The molecule has 0 aromatic carbocycles. The lowest BCUT2D eigenvalue weighted by Gasteiger charge is -2.07. The highest BCUT2D eigenvalue weighted by Crippen LogP contribution is 2.31. The maximum atomic E-state index is 9.13. The van der Waals surface area contributed by atoms with Crippen LogP contribution in [-0.4, -0.2) is 48.3 Å². The number of hydrogen-bond acceptors (Lipinski definition) is 4. The van der Waals surface area contributed by atoms with Crippen LogP contribution in [0.5, 0.6) is 0 Å². The summed E-state index contributed by atoms with van der Waals surface area (Å²) in [5.74, 6) is 0. The van der Waals surface area contributed by atoms with Crippen molar-refractivity contribution in [1.29, 1.82) is 0 Å². The third kappa shape index (κ3) is 13.7. The molecule has 0 aromatic heterocycles. The Morgan fingerprint density at radius 3 is 1.88 bits per heavy atom. The van der Waals surface area contributed by atoms with Gasteiger partial charge in [-0.1, -0.05) is 77.6 Å². The smallest absolute Gasteiger partial charge is 0.100 e. The largest absolute Gasteiger partial charge is 0.394 e. The van der Waals surface area contributed by atoms with Crippen molar-refractivity contribution in [3.8, 4) is 0 Å². The standard InChI is InChI=1S/C21H42O4/c1-2-3-4-5-8-11-14-20-21(25-20)15-12-9-6-7-10-13-16-24-18-19(23)17-22/h19-23H,2-18H2,1H3/t19-,20+,21-/m1/s1. The van der Waals surface area contributed by atoms with Crippen LogP contribution in [0.4, 0.5) is 0 Å². The van der Waals surface area contributed by atoms with E-state index in [1.807, 2.05) is 0 Å². The van der Waals surface area contributed by atoms with Crippen LogP contribution in [-0.2, 0) is 9.47 Å². The molecular formula is C21H42O4. The molecule has 2 N–H and O–H groups in total. The Hall–Kier alpha value is -0.160. The Bertz CT molecular complexity index is 285. The van der Waals surface area contributed by atoms with Crippen LogP contribution in [0.1, 0.15) is 96.8 Å². The van der Waals surface area contributed by atoms with Crippen molar-refractivity contribution in [2.24, 2.45) is 0 Å². The molecule has 0 radical (unpaired) electrons. The predicted molar refractivity (Wildman–Crippen MR) is 103 cm³/mol. The molecule has 0 amide bonds. The molecular weight excluding hydrogens is 316 g/mol. The summed E-state index contributed by atoms with van der Waals surface area (Å²) >= 11 is 0. The fraction of sp³-hybridized carbons (Fsp3) is 1.00. The molecule has 1 heterocycles. The van der Waals surface area contributed by atoms with Gasteiger partial charge in [0, 0.05) is 6.61 Å². The summed E-state index contributed by atoms with van der Waals surface area (Å²) in [6, 6.07) is 0. The van der Waals surface area contributed by atoms with Crippen molar-refractivity contribution >= 4 is 0 Å². The van der Waals surface area contributed by atoms with Gasteiger partial charge in [0.2, 0.25) is 0 Å². The molecule has 25 heavy (non-hydrogen) atoms. The minimum Gasteiger partial charge on any atom is -0.394 e. The van der Waals surface area contributed by atoms with Gasteiger partial charge in [-0.2, -0.15) is 0 Å². The molecule has 1 aliphatic heterocycles. The van der Waals surface area contributed by atoms with Crippen LogP contribution < -0.4 is 0 Å². The van der Waals surface area contributed by atoms with Crippen molar-refractivity contribution in [1.82, 2.24) is 0 Å². The van der Waals surface area contributed by atoms with Gasteiger partial charge < -0.3 is 19.7 Å². The van der Waals surface area contributed by atoms with Gasteiger partial charge in [-0.05, 0) is 19.3 Å². The molecule has 1 saturated heterocycles. The highest BCUT2D eigenvalue weighted by molar-refractivity contribution is 4.84. The van der Waals surface area contributed by atoms with Gasteiger partial charge in [0.05, 0.1) is 25.4 Å². The minimum absolute atomic E-state index is 0.218. The average Bonchev–Trinajstić information content (AvgIpc) is 3.37. The lowest BCUT2D eigenvalue weighted by Crippen LogP contribution is -2.19. The zero-order valence-corrected chi connectivity index (χ0v) is 16.5. The molecule has 1 aliphatic rings. The molecule has 4 nitrogen and oxygen atoms in total. The molecule has 0 unspecified atom stereocenters. The SMILES string of the molecule is CCCCCCCC[C@@H]1O[C@@H]1CCCCCCCCOC[C@H](O)CO. The zero-order chi connectivity index (χ0) is 18.2. The van der Waals surface area contributed by atoms with Crippen molar-refractivity contribution in [2.75, 3.05) is 19.8 Å². The van der Waals surface area contributed by atoms with Crippen LogP contribution in [0.2, 0.25) is 0 Å². The number of epoxide rings is 1. The first-order valence-electron chi connectivity index (χ1n) is 10.8. The quantitative estimate of drug-likeness (QED) is 0.261. The first-order chi connectivity index (χ1) is 12.3. The molecule has 0 aliphatic carbocycles. The van der Waals surface area contributed by atoms with Crippen LogP contribution in [0.25, 0.3) is 0 Å². The van der Waals surface area contributed by atoms with E-state index in [1.54, 1.807) is 0 Å². The lowest BCUT2D eigenvalue weighted by atomic mass is 10.0. The first-order valence-corrected chi connectivity index (χ1v) is 10.8. The van der Waals surface area contributed by atoms with E-state index < -0.39 is 6.10 Å². The molecule has 1 rings (SSSR count). The van der Waals surface area contributed by atoms with E-state index in [2.05, 4.69) is 6.92 Å². The zero-order valence-electron chi connectivity index (χ0n) is 16.5. The van der Waals surface area contributed by atoms with Crippen LogP contribution in [0.3, 0.4) is 0 Å². The predicted octanol–water partition coefficient (Wildman–Crippen LogP) is 4.60. The normalized spacial score (nSPS) is 20.8. The molecule has 0 bridgehead atoms. The fourth-order valence-electron chi connectivity index (χ4n) is 3.34. The number of hydrogen-bond donors (Lipinski definition) is 2. The van der Waals surface area contributed by atoms with Gasteiger partial charge in [0.1, 0.15) is 6.10 Å². The van der Waals surface area contributed by atoms with Gasteiger partial charge in [-0.3, -0.25) is 0 Å². The molecule has 150 valence electrons. The van der Waals surface area contributed by atoms with E-state index >= 15 is 0 Å². The maximum Gasteiger partial charge on any atom is 0.100 e. The highest BCUT2D eigenvalue weighted by Gasteiger charge is 2.36. The van der Waals surface area contributed by atoms with Gasteiger partial charge in [0.15, 0.2) is 0 Å². The maximum absolute atomic E-state index is 9.13. The summed E-state index contributed by atoms with van der Waals surface area (Å²) in [6.45, 7) is 2.99. The first kappa shape index (κ1) is 22.9. The Kier molecular flexibility index (Phi) is 14.7. The van der Waals surface area contributed by atoms with Gasteiger partial charge >= 0.3 is 0 Å². The minimum atomic E-state index is -0.727. The van der Waals surface area contributed by atoms with E-state index in [4.69, 9.17) is 19.7 Å². The van der Waals surface area contributed by atoms with Crippen LogP contribution in [0.15, 0.2) is 0 Å². The van der Waals surface area contributed by atoms with Gasteiger partial charge in [-0.25, -0.2) is 0 Å². The number of ether oxygens (including phenoxy) is 2. The van der Waals surface area contributed by atoms with E-state index in [0.29, 0.717) is 18.8 Å². The van der Waals surface area contributed by atoms with Crippen molar-refractivity contribution in [3.05, 3.63) is 0 Å². The monoisotopic (exact) mass is 358 g/mol. The van der Waals surface area contributed by atoms with E-state index in [-0.39, 0.29) is 13.2 Å². The summed E-state index contributed by atoms with van der Waals surface area (Å²) in [4.78, 5) is 0. The number of unbranched alkanes of at least 4 members (excludes halogenated alkanes) is 10.